The van der Waals surface area contributed by atoms with Crippen molar-refractivity contribution in [2.45, 2.75) is 0 Å². The fraction of sp³-hybridized carbons (Fsp3) is 0. The van der Waals surface area contributed by atoms with Crippen molar-refractivity contribution in [2.24, 2.45) is 0 Å². The second kappa shape index (κ2) is 5.15. The average molecular weight is 348 g/mol. The molecule has 1 nitrogen and oxygen atoms in total. The standard InChI is InChI=1S/C20H14BrN/c21-18-12-14-7-2-4-10-16(14)19(20(18)22)17-11-5-8-13-6-1-3-9-15(13)17/h1-12H,22H2. The summed E-state index contributed by atoms with van der Waals surface area (Å²) in [5.41, 5.74) is 9.48. The van der Waals surface area contributed by atoms with Crippen molar-refractivity contribution < 1.29 is 0 Å². The first kappa shape index (κ1) is 13.4. The lowest BCUT2D eigenvalue weighted by atomic mass is 9.93. The van der Waals surface area contributed by atoms with Crippen LogP contribution in [0.2, 0.25) is 0 Å². The van der Waals surface area contributed by atoms with E-state index < -0.39 is 0 Å². The Bertz CT molecular complexity index is 1000. The number of nitrogens with two attached hydrogens (primary N) is 1. The Hall–Kier alpha value is -2.32. The zero-order chi connectivity index (χ0) is 15.1. The Kier molecular flexibility index (Phi) is 3.12. The lowest BCUT2D eigenvalue weighted by Crippen LogP contribution is -1.94. The Morgan fingerprint density at radius 1 is 0.682 bits per heavy atom. The Balaban J connectivity index is 2.19. The first-order valence-electron chi connectivity index (χ1n) is 7.20. The maximum Gasteiger partial charge on any atom is 0.0544 e. The van der Waals surface area contributed by atoms with Crippen molar-refractivity contribution in [2.75, 3.05) is 5.73 Å². The first-order chi connectivity index (χ1) is 10.8. The molecule has 106 valence electrons. The molecule has 0 atom stereocenters. The van der Waals surface area contributed by atoms with Crippen molar-refractivity contribution in [1.29, 1.82) is 0 Å². The van der Waals surface area contributed by atoms with Gasteiger partial charge in [0.05, 0.1) is 5.69 Å². The normalized spacial score (nSPS) is 11.1. The van der Waals surface area contributed by atoms with Gasteiger partial charge in [0, 0.05) is 10.0 Å². The van der Waals surface area contributed by atoms with Crippen LogP contribution in [0.3, 0.4) is 0 Å². The minimum absolute atomic E-state index is 0.787. The summed E-state index contributed by atoms with van der Waals surface area (Å²) in [6, 6.07) is 25.2. The van der Waals surface area contributed by atoms with Crippen LogP contribution < -0.4 is 5.73 Å². The number of hydrogen-bond donors (Lipinski definition) is 1. The van der Waals surface area contributed by atoms with Crippen LogP contribution in [0.5, 0.6) is 0 Å². The summed E-state index contributed by atoms with van der Waals surface area (Å²) in [6.45, 7) is 0. The molecule has 0 spiro atoms. The van der Waals surface area contributed by atoms with Gasteiger partial charge in [0.15, 0.2) is 0 Å². The summed E-state index contributed by atoms with van der Waals surface area (Å²) in [4.78, 5) is 0. The molecule has 0 saturated heterocycles. The number of anilines is 1. The summed E-state index contributed by atoms with van der Waals surface area (Å²) in [7, 11) is 0. The van der Waals surface area contributed by atoms with Gasteiger partial charge < -0.3 is 5.73 Å². The molecule has 0 radical (unpaired) electrons. The SMILES string of the molecule is Nc1c(Br)cc2ccccc2c1-c1cccc2ccccc12. The van der Waals surface area contributed by atoms with Gasteiger partial charge >= 0.3 is 0 Å². The zero-order valence-electron chi connectivity index (χ0n) is 11.9. The summed E-state index contributed by atoms with van der Waals surface area (Å²) in [5.74, 6) is 0. The summed E-state index contributed by atoms with van der Waals surface area (Å²) in [6.07, 6.45) is 0. The summed E-state index contributed by atoms with van der Waals surface area (Å²) >= 11 is 3.60. The number of benzene rings is 4. The van der Waals surface area contributed by atoms with E-state index in [4.69, 9.17) is 5.73 Å². The van der Waals surface area contributed by atoms with E-state index >= 15 is 0 Å². The van der Waals surface area contributed by atoms with Crippen molar-refractivity contribution in [3.05, 3.63) is 77.3 Å². The highest BCUT2D eigenvalue weighted by atomic mass is 79.9. The van der Waals surface area contributed by atoms with Crippen LogP contribution in [0.15, 0.2) is 77.3 Å². The monoisotopic (exact) mass is 347 g/mol. The minimum atomic E-state index is 0.787. The van der Waals surface area contributed by atoms with E-state index in [-0.39, 0.29) is 0 Å². The average Bonchev–Trinajstić information content (AvgIpc) is 2.56. The topological polar surface area (TPSA) is 26.0 Å². The highest BCUT2D eigenvalue weighted by Crippen LogP contribution is 2.41. The molecule has 0 heterocycles. The lowest BCUT2D eigenvalue weighted by Gasteiger charge is -2.14. The molecule has 0 bridgehead atoms. The van der Waals surface area contributed by atoms with Crippen LogP contribution in [0.4, 0.5) is 5.69 Å². The summed E-state index contributed by atoms with van der Waals surface area (Å²) < 4.78 is 0.939. The number of halogens is 1. The Morgan fingerprint density at radius 3 is 2.14 bits per heavy atom. The molecule has 0 aliphatic heterocycles. The second-order valence-electron chi connectivity index (χ2n) is 5.39. The van der Waals surface area contributed by atoms with Crippen molar-refractivity contribution in [1.82, 2.24) is 0 Å². The number of hydrogen-bond acceptors (Lipinski definition) is 1. The molecule has 0 aromatic heterocycles. The number of nitrogen functional groups attached to an aromatic ring is 1. The van der Waals surface area contributed by atoms with E-state index in [0.717, 1.165) is 15.7 Å². The molecular formula is C20H14BrN. The molecule has 2 N–H and O–H groups in total. The fourth-order valence-electron chi connectivity index (χ4n) is 3.06. The molecule has 0 saturated carbocycles. The molecule has 0 aliphatic carbocycles. The molecule has 0 aliphatic rings. The fourth-order valence-corrected chi connectivity index (χ4v) is 3.51. The van der Waals surface area contributed by atoms with E-state index in [1.54, 1.807) is 0 Å². The molecule has 22 heavy (non-hydrogen) atoms. The number of rotatable bonds is 1. The molecular weight excluding hydrogens is 334 g/mol. The number of fused-ring (bicyclic) bond motifs is 2. The van der Waals surface area contributed by atoms with Gasteiger partial charge in [0.1, 0.15) is 0 Å². The van der Waals surface area contributed by atoms with Crippen molar-refractivity contribution in [3.8, 4) is 11.1 Å². The van der Waals surface area contributed by atoms with Gasteiger partial charge in [0.25, 0.3) is 0 Å². The third kappa shape index (κ3) is 1.99. The van der Waals surface area contributed by atoms with Gasteiger partial charge in [-0.2, -0.15) is 0 Å². The first-order valence-corrected chi connectivity index (χ1v) is 8.00. The van der Waals surface area contributed by atoms with Gasteiger partial charge in [-0.25, -0.2) is 0 Å². The van der Waals surface area contributed by atoms with Crippen LogP contribution in [0, 0.1) is 0 Å². The maximum atomic E-state index is 6.42. The van der Waals surface area contributed by atoms with Crippen LogP contribution in [0.1, 0.15) is 0 Å². The van der Waals surface area contributed by atoms with E-state index in [1.807, 2.05) is 0 Å². The van der Waals surface area contributed by atoms with E-state index in [0.29, 0.717) is 0 Å². The minimum Gasteiger partial charge on any atom is -0.397 e. The molecule has 0 unspecified atom stereocenters. The van der Waals surface area contributed by atoms with E-state index in [2.05, 4.69) is 88.7 Å². The summed E-state index contributed by atoms with van der Waals surface area (Å²) in [5, 5.41) is 4.81. The third-order valence-corrected chi connectivity index (χ3v) is 4.75. The van der Waals surface area contributed by atoms with E-state index in [9.17, 15) is 0 Å². The van der Waals surface area contributed by atoms with Crippen LogP contribution in [-0.2, 0) is 0 Å². The van der Waals surface area contributed by atoms with E-state index in [1.165, 1.54) is 27.1 Å². The second-order valence-corrected chi connectivity index (χ2v) is 6.25. The van der Waals surface area contributed by atoms with Gasteiger partial charge in [-0.3, -0.25) is 0 Å². The molecule has 0 amide bonds. The van der Waals surface area contributed by atoms with Gasteiger partial charge in [-0.05, 0) is 49.1 Å². The third-order valence-electron chi connectivity index (χ3n) is 4.10. The predicted octanol–water partition coefficient (Wildman–Crippen LogP) is 6.00. The maximum absolute atomic E-state index is 6.42. The predicted molar refractivity (Wildman–Crippen MR) is 99.0 cm³/mol. The smallest absolute Gasteiger partial charge is 0.0544 e. The Labute approximate surface area is 137 Å². The van der Waals surface area contributed by atoms with Crippen LogP contribution >= 0.6 is 15.9 Å². The lowest BCUT2D eigenvalue weighted by molar-refractivity contribution is 1.64. The van der Waals surface area contributed by atoms with Crippen molar-refractivity contribution >= 4 is 43.2 Å². The highest BCUT2D eigenvalue weighted by Gasteiger charge is 2.13. The molecule has 4 aromatic rings. The molecule has 4 aromatic carbocycles. The van der Waals surface area contributed by atoms with Gasteiger partial charge in [0.2, 0.25) is 0 Å². The van der Waals surface area contributed by atoms with Crippen LogP contribution in [-0.4, -0.2) is 0 Å². The highest BCUT2D eigenvalue weighted by molar-refractivity contribution is 9.10. The van der Waals surface area contributed by atoms with Gasteiger partial charge in [-0.15, -0.1) is 0 Å². The molecule has 4 rings (SSSR count). The quantitative estimate of drug-likeness (QED) is 0.419. The van der Waals surface area contributed by atoms with Crippen molar-refractivity contribution in [3.63, 3.8) is 0 Å². The zero-order valence-corrected chi connectivity index (χ0v) is 13.5. The largest absolute Gasteiger partial charge is 0.397 e. The van der Waals surface area contributed by atoms with Gasteiger partial charge in [-0.1, -0.05) is 66.7 Å². The molecule has 0 fully saturated rings. The molecule has 2 heteroatoms. The Morgan fingerprint density at radius 2 is 1.32 bits per heavy atom. The van der Waals surface area contributed by atoms with Crippen LogP contribution in [0.25, 0.3) is 32.7 Å².